The molecule has 1 spiro atoms. The van der Waals surface area contributed by atoms with E-state index in [1.165, 1.54) is 6.42 Å². The molecule has 0 aromatic heterocycles. The maximum Gasteiger partial charge on any atom is 0.310 e. The second-order valence-corrected chi connectivity index (χ2v) is 14.0. The van der Waals surface area contributed by atoms with Gasteiger partial charge in [-0.2, -0.15) is 0 Å². The number of allylic oxidation sites excluding steroid dienone is 1. The second kappa shape index (κ2) is 13.4. The fraction of sp³-hybridized carbons (Fsp3) is 0.618. The third-order valence-electron chi connectivity index (χ3n) is 10.1. The van der Waals surface area contributed by atoms with E-state index >= 15 is 0 Å². The summed E-state index contributed by atoms with van der Waals surface area (Å²) in [5.41, 5.74) is 0.781. The Morgan fingerprint density at radius 2 is 1.90 bits per heavy atom. The lowest BCUT2D eigenvalue weighted by Crippen LogP contribution is -2.59. The molecule has 3 aliphatic heterocycles. The number of carbonyl (C=O) groups is 3. The van der Waals surface area contributed by atoms with E-state index in [1.54, 1.807) is 22.7 Å². The molecule has 1 aromatic rings. The van der Waals surface area contributed by atoms with Gasteiger partial charge in [0.15, 0.2) is 0 Å². The third kappa shape index (κ3) is 5.34. The number of aliphatic hydroxyl groups is 1. The predicted octanol–water partition coefficient (Wildman–Crippen LogP) is 5.30. The molecule has 1 saturated carbocycles. The van der Waals surface area contributed by atoms with E-state index in [9.17, 15) is 19.5 Å². The van der Waals surface area contributed by atoms with Gasteiger partial charge in [0.2, 0.25) is 11.8 Å². The molecule has 5 rings (SSSR count). The van der Waals surface area contributed by atoms with Crippen LogP contribution in [-0.4, -0.2) is 74.5 Å². The van der Waals surface area contributed by atoms with Crippen LogP contribution in [0.1, 0.15) is 76.3 Å². The summed E-state index contributed by atoms with van der Waals surface area (Å²) in [5, 5.41) is 10.7. The minimum absolute atomic E-state index is 0.0455. The second-order valence-electron chi connectivity index (χ2n) is 12.4. The number of esters is 1. The maximum atomic E-state index is 14.9. The van der Waals surface area contributed by atoms with Gasteiger partial charge in [0.25, 0.3) is 0 Å². The van der Waals surface area contributed by atoms with Crippen molar-refractivity contribution in [1.82, 2.24) is 9.80 Å². The highest BCUT2D eigenvalue weighted by Crippen LogP contribution is 2.69. The quantitative estimate of drug-likeness (QED) is 0.189. The lowest BCUT2D eigenvalue weighted by atomic mass is 9.66. The van der Waals surface area contributed by atoms with Gasteiger partial charge in [0, 0.05) is 17.8 Å². The number of hydrogen-bond acceptors (Lipinski definition) is 6. The van der Waals surface area contributed by atoms with E-state index in [4.69, 9.17) is 4.74 Å². The number of amides is 2. The molecular formula is C34H46N2O5S. The minimum atomic E-state index is -0.787. The van der Waals surface area contributed by atoms with E-state index in [0.717, 1.165) is 56.9 Å². The first-order chi connectivity index (χ1) is 20.4. The van der Waals surface area contributed by atoms with Crippen LogP contribution in [-0.2, 0) is 19.1 Å². The van der Waals surface area contributed by atoms with Gasteiger partial charge in [-0.1, -0.05) is 68.7 Å². The first-order valence-corrected chi connectivity index (χ1v) is 16.6. The van der Waals surface area contributed by atoms with Crippen molar-refractivity contribution in [1.29, 1.82) is 0 Å². The number of aliphatic hydroxyl groups excluding tert-OH is 1. The number of hydrogen-bond donors (Lipinski definition) is 1. The highest BCUT2D eigenvalue weighted by molar-refractivity contribution is 8.02. The zero-order valence-corrected chi connectivity index (χ0v) is 25.7. The Bertz CT molecular complexity index is 1150. The molecule has 1 N–H and O–H groups in total. The summed E-state index contributed by atoms with van der Waals surface area (Å²) in [6.45, 7) is 10.3. The third-order valence-corrected chi connectivity index (χ3v) is 12.1. The Morgan fingerprint density at radius 3 is 2.57 bits per heavy atom. The number of likely N-dealkylation sites (tertiary alicyclic amines) is 1. The Balaban J connectivity index is 1.54. The number of thioether (sulfide) groups is 1. The van der Waals surface area contributed by atoms with Crippen LogP contribution in [0.2, 0.25) is 0 Å². The average molecular weight is 595 g/mol. The molecule has 4 aliphatic rings. The highest BCUT2D eigenvalue weighted by Gasteiger charge is 2.77. The van der Waals surface area contributed by atoms with E-state index in [-0.39, 0.29) is 41.6 Å². The highest BCUT2D eigenvalue weighted by atomic mass is 32.2. The van der Waals surface area contributed by atoms with E-state index < -0.39 is 28.7 Å². The summed E-state index contributed by atoms with van der Waals surface area (Å²) >= 11 is 1.66. The first-order valence-electron chi connectivity index (χ1n) is 15.7. The number of carbonyl (C=O) groups excluding carboxylic acids is 3. The van der Waals surface area contributed by atoms with Gasteiger partial charge in [-0.05, 0) is 50.0 Å². The van der Waals surface area contributed by atoms with Crippen LogP contribution in [0, 0.1) is 17.8 Å². The number of ether oxygens (including phenoxy) is 1. The van der Waals surface area contributed by atoms with Crippen LogP contribution in [0.5, 0.6) is 0 Å². The van der Waals surface area contributed by atoms with Gasteiger partial charge >= 0.3 is 5.97 Å². The lowest BCUT2D eigenvalue weighted by Gasteiger charge is -2.44. The first kappa shape index (κ1) is 30.9. The van der Waals surface area contributed by atoms with Crippen molar-refractivity contribution in [2.75, 3.05) is 19.8 Å². The molecule has 1 aliphatic carbocycles. The predicted molar refractivity (Wildman–Crippen MR) is 166 cm³/mol. The summed E-state index contributed by atoms with van der Waals surface area (Å²) in [5.74, 6) is -1.85. The molecule has 1 aromatic carbocycles. The number of benzene rings is 1. The van der Waals surface area contributed by atoms with Crippen molar-refractivity contribution in [3.63, 3.8) is 0 Å². The molecule has 7 atom stereocenters. The van der Waals surface area contributed by atoms with E-state index in [0.29, 0.717) is 13.2 Å². The van der Waals surface area contributed by atoms with Crippen LogP contribution >= 0.6 is 11.8 Å². The van der Waals surface area contributed by atoms with Crippen molar-refractivity contribution in [3.8, 4) is 0 Å². The zero-order valence-electron chi connectivity index (χ0n) is 24.9. The molecule has 2 bridgehead atoms. The summed E-state index contributed by atoms with van der Waals surface area (Å²) < 4.78 is 5.02. The molecule has 228 valence electrons. The van der Waals surface area contributed by atoms with Gasteiger partial charge in [-0.25, -0.2) is 0 Å². The molecule has 0 radical (unpaired) electrons. The molecule has 3 saturated heterocycles. The Morgan fingerprint density at radius 1 is 1.17 bits per heavy atom. The Labute approximate surface area is 254 Å². The number of fused-ring (bicyclic) bond motifs is 1. The normalized spacial score (nSPS) is 31.0. The van der Waals surface area contributed by atoms with Crippen LogP contribution < -0.4 is 0 Å². The van der Waals surface area contributed by atoms with Gasteiger partial charge in [-0.15, -0.1) is 24.9 Å². The molecule has 3 heterocycles. The molecule has 7 nitrogen and oxygen atoms in total. The monoisotopic (exact) mass is 594 g/mol. The average Bonchev–Trinajstić information content (AvgIpc) is 3.60. The summed E-state index contributed by atoms with van der Waals surface area (Å²) in [7, 11) is 0. The maximum absolute atomic E-state index is 14.9. The number of unbranched alkanes of at least 4 members (excludes halogenated alkanes) is 2. The molecular weight excluding hydrogens is 548 g/mol. The summed E-state index contributed by atoms with van der Waals surface area (Å²) in [6.07, 6.45) is 12.1. The number of rotatable bonds is 13. The topological polar surface area (TPSA) is 87.2 Å². The largest absolute Gasteiger partial charge is 0.465 e. The van der Waals surface area contributed by atoms with Crippen LogP contribution in [0.25, 0.3) is 0 Å². The Kier molecular flexibility index (Phi) is 9.83. The van der Waals surface area contributed by atoms with Crippen molar-refractivity contribution in [3.05, 3.63) is 61.2 Å². The SMILES string of the molecule is C=CCCCCOC(=O)[C@@H]1[C@@H]2CC(C)C3(S2)C(C(=O)N(CC=C)C2CCCCC2)N([C@H](CO)c2ccccc2)C(=O)[C@H]13. The van der Waals surface area contributed by atoms with Crippen molar-refractivity contribution in [2.45, 2.75) is 92.8 Å². The fourth-order valence-corrected chi connectivity index (χ4v) is 10.5. The minimum Gasteiger partial charge on any atom is -0.465 e. The zero-order chi connectivity index (χ0) is 29.9. The van der Waals surface area contributed by atoms with Crippen LogP contribution in [0.3, 0.4) is 0 Å². The van der Waals surface area contributed by atoms with E-state index in [2.05, 4.69) is 20.1 Å². The van der Waals surface area contributed by atoms with Gasteiger partial charge < -0.3 is 19.6 Å². The standard InChI is InChI=1S/C34H46N2O5S/c1-4-6-7-14-20-41-33(40)28-27-21-23(3)34(42-27)29(28)31(38)36(26(22-37)24-15-10-8-11-16-24)30(34)32(39)35(19-5-2)25-17-12-9-13-18-25/h4-5,8,10-11,15-16,23,25-30,37H,1-2,6-7,9,12-14,17-22H2,3H3/t23?,26-,27+,28-,29+,30?,34?/m1/s1. The van der Waals surface area contributed by atoms with Gasteiger partial charge in [-0.3, -0.25) is 14.4 Å². The van der Waals surface area contributed by atoms with Crippen LogP contribution in [0.15, 0.2) is 55.6 Å². The van der Waals surface area contributed by atoms with Crippen molar-refractivity contribution in [2.24, 2.45) is 17.8 Å². The van der Waals surface area contributed by atoms with Gasteiger partial charge in [0.05, 0.1) is 35.8 Å². The smallest absolute Gasteiger partial charge is 0.310 e. The molecule has 42 heavy (non-hydrogen) atoms. The van der Waals surface area contributed by atoms with Crippen molar-refractivity contribution >= 4 is 29.5 Å². The van der Waals surface area contributed by atoms with Gasteiger partial charge in [0.1, 0.15) is 6.04 Å². The molecule has 3 unspecified atom stereocenters. The summed E-state index contributed by atoms with van der Waals surface area (Å²) in [6, 6.07) is 8.08. The summed E-state index contributed by atoms with van der Waals surface area (Å²) in [4.78, 5) is 46.9. The Hall–Kier alpha value is -2.58. The lowest BCUT2D eigenvalue weighted by molar-refractivity contribution is -0.155. The molecule has 8 heteroatoms. The van der Waals surface area contributed by atoms with Crippen LogP contribution in [0.4, 0.5) is 0 Å². The molecule has 2 amide bonds. The van der Waals surface area contributed by atoms with Crippen molar-refractivity contribution < 1.29 is 24.2 Å². The fourth-order valence-electron chi connectivity index (χ4n) is 8.14. The van der Waals surface area contributed by atoms with E-state index in [1.807, 2.05) is 41.3 Å². The molecule has 4 fully saturated rings. The number of nitrogens with zero attached hydrogens (tertiary/aromatic N) is 2.